The van der Waals surface area contributed by atoms with Crippen molar-refractivity contribution in [3.63, 3.8) is 0 Å². The van der Waals surface area contributed by atoms with Crippen molar-refractivity contribution in [2.75, 3.05) is 18.8 Å². The van der Waals surface area contributed by atoms with Gasteiger partial charge >= 0.3 is 6.09 Å². The summed E-state index contributed by atoms with van der Waals surface area (Å²) in [6.45, 7) is 6.75. The zero-order valence-electron chi connectivity index (χ0n) is 19.1. The van der Waals surface area contributed by atoms with Crippen molar-refractivity contribution in [1.82, 2.24) is 15.1 Å². The van der Waals surface area contributed by atoms with Crippen molar-refractivity contribution in [3.8, 4) is 28.1 Å². The van der Waals surface area contributed by atoms with Gasteiger partial charge in [0.2, 0.25) is 0 Å². The number of carbonyl (C=O) groups is 1. The van der Waals surface area contributed by atoms with E-state index in [1.807, 2.05) is 57.2 Å². The Kier molecular flexibility index (Phi) is 6.05. The normalized spacial score (nSPS) is 14.0. The molecule has 0 saturated heterocycles. The Morgan fingerprint density at radius 2 is 1.73 bits per heavy atom. The number of para-hydroxylation sites is 1. The minimum atomic E-state index is -0.500. The molecule has 3 N–H and O–H groups in total. The molecule has 3 aromatic rings. The van der Waals surface area contributed by atoms with E-state index in [1.54, 1.807) is 23.1 Å². The molecule has 0 atom stereocenters. The molecule has 4 rings (SSSR count). The van der Waals surface area contributed by atoms with Crippen molar-refractivity contribution in [1.29, 1.82) is 0 Å². The van der Waals surface area contributed by atoms with Gasteiger partial charge in [0, 0.05) is 24.2 Å². The number of hydrogen-bond donors (Lipinski definition) is 2. The van der Waals surface area contributed by atoms with Crippen LogP contribution in [0.15, 0.2) is 60.7 Å². The molecular weight excluding hydrogens is 416 g/mol. The highest BCUT2D eigenvalue weighted by Crippen LogP contribution is 2.33. The number of amides is 1. The van der Waals surface area contributed by atoms with Gasteiger partial charge in [-0.2, -0.15) is 0 Å². The summed E-state index contributed by atoms with van der Waals surface area (Å²) in [5.41, 5.74) is 10.7. The first-order chi connectivity index (χ1) is 15.7. The number of benzene rings is 2. The van der Waals surface area contributed by atoms with Gasteiger partial charge in [-0.05, 0) is 62.1 Å². The van der Waals surface area contributed by atoms with E-state index in [4.69, 9.17) is 10.5 Å². The molecule has 1 aromatic heterocycles. The molecule has 0 unspecified atom stereocenters. The molecule has 1 aliphatic rings. The number of ether oxygens (including phenoxy) is 1. The van der Waals surface area contributed by atoms with Crippen LogP contribution in [-0.4, -0.2) is 45.0 Å². The van der Waals surface area contributed by atoms with Crippen LogP contribution in [0.25, 0.3) is 28.0 Å². The second-order valence-corrected chi connectivity index (χ2v) is 9.03. The summed E-state index contributed by atoms with van der Waals surface area (Å²) in [4.78, 5) is 14.0. The molecule has 0 saturated carbocycles. The third kappa shape index (κ3) is 5.14. The van der Waals surface area contributed by atoms with Crippen LogP contribution in [-0.2, 0) is 4.74 Å². The maximum atomic E-state index is 12.3. The van der Waals surface area contributed by atoms with Crippen LogP contribution in [0.2, 0.25) is 0 Å². The molecule has 2 heterocycles. The first kappa shape index (κ1) is 22.3. The van der Waals surface area contributed by atoms with Gasteiger partial charge in [-0.15, -0.1) is 10.2 Å². The Labute approximate surface area is 193 Å². The first-order valence-corrected chi connectivity index (χ1v) is 10.9. The molecule has 33 heavy (non-hydrogen) atoms. The zero-order valence-corrected chi connectivity index (χ0v) is 19.1. The number of aromatic nitrogens is 2. The highest BCUT2D eigenvalue weighted by molar-refractivity contribution is 5.80. The lowest BCUT2D eigenvalue weighted by Crippen LogP contribution is -2.39. The van der Waals surface area contributed by atoms with Gasteiger partial charge in [-0.25, -0.2) is 4.79 Å². The maximum absolute atomic E-state index is 12.3. The molecule has 0 bridgehead atoms. The Morgan fingerprint density at radius 3 is 2.36 bits per heavy atom. The van der Waals surface area contributed by atoms with Crippen LogP contribution in [0, 0.1) is 0 Å². The largest absolute Gasteiger partial charge is 0.507 e. The Hall–Kier alpha value is -3.87. The topological polar surface area (TPSA) is 102 Å². The van der Waals surface area contributed by atoms with Gasteiger partial charge < -0.3 is 20.5 Å². The summed E-state index contributed by atoms with van der Waals surface area (Å²) < 4.78 is 5.46. The molecule has 0 aliphatic carbocycles. The van der Waals surface area contributed by atoms with Gasteiger partial charge in [0.25, 0.3) is 0 Å². The molecule has 0 fully saturated rings. The molecule has 7 nitrogen and oxygen atoms in total. The van der Waals surface area contributed by atoms with Gasteiger partial charge in [0.1, 0.15) is 11.4 Å². The lowest BCUT2D eigenvalue weighted by molar-refractivity contribution is 0.0270. The summed E-state index contributed by atoms with van der Waals surface area (Å²) in [5.74, 6) is 0.467. The molecule has 1 aliphatic heterocycles. The minimum Gasteiger partial charge on any atom is -0.507 e. The predicted molar refractivity (Wildman–Crippen MR) is 129 cm³/mol. The lowest BCUT2D eigenvalue weighted by Gasteiger charge is -2.29. The minimum absolute atomic E-state index is 0.141. The van der Waals surface area contributed by atoms with Gasteiger partial charge in [0.05, 0.1) is 5.69 Å². The monoisotopic (exact) mass is 444 g/mol. The third-order valence-electron chi connectivity index (χ3n) is 5.43. The van der Waals surface area contributed by atoms with E-state index in [9.17, 15) is 9.90 Å². The van der Waals surface area contributed by atoms with Crippen molar-refractivity contribution in [2.24, 2.45) is 0 Å². The van der Waals surface area contributed by atoms with E-state index in [0.717, 1.165) is 23.1 Å². The predicted octanol–water partition coefficient (Wildman–Crippen LogP) is 5.12. The smallest absolute Gasteiger partial charge is 0.410 e. The number of nitrogen functional groups attached to an aromatic ring is 1. The number of carbonyl (C=O) groups excluding carboxylic acids is 1. The summed E-state index contributed by atoms with van der Waals surface area (Å²) in [7, 11) is 0. The first-order valence-electron chi connectivity index (χ1n) is 10.9. The van der Waals surface area contributed by atoms with E-state index < -0.39 is 5.60 Å². The number of nitrogens with zero attached hydrogens (tertiary/aromatic N) is 3. The Balaban J connectivity index is 1.52. The average molecular weight is 445 g/mol. The van der Waals surface area contributed by atoms with Gasteiger partial charge in [-0.3, -0.25) is 0 Å². The molecule has 170 valence electrons. The quantitative estimate of drug-likeness (QED) is 0.581. The molecule has 0 radical (unpaired) electrons. The Morgan fingerprint density at radius 1 is 1.03 bits per heavy atom. The zero-order chi connectivity index (χ0) is 23.6. The number of phenols is 1. The van der Waals surface area contributed by atoms with Gasteiger partial charge in [-0.1, -0.05) is 42.5 Å². The van der Waals surface area contributed by atoms with E-state index >= 15 is 0 Å². The van der Waals surface area contributed by atoms with Crippen LogP contribution in [0.4, 0.5) is 10.6 Å². The number of hydrogen-bond acceptors (Lipinski definition) is 6. The van der Waals surface area contributed by atoms with E-state index in [2.05, 4.69) is 16.3 Å². The van der Waals surface area contributed by atoms with Crippen molar-refractivity contribution in [3.05, 3.63) is 66.2 Å². The summed E-state index contributed by atoms with van der Waals surface area (Å²) >= 11 is 0. The highest BCUT2D eigenvalue weighted by atomic mass is 16.6. The lowest BCUT2D eigenvalue weighted by atomic mass is 9.96. The van der Waals surface area contributed by atoms with Crippen molar-refractivity contribution in [2.45, 2.75) is 32.8 Å². The molecule has 1 amide bonds. The van der Waals surface area contributed by atoms with Gasteiger partial charge in [0.15, 0.2) is 5.82 Å². The van der Waals surface area contributed by atoms with Crippen LogP contribution in [0.1, 0.15) is 32.8 Å². The average Bonchev–Trinajstić information content (AvgIpc) is 2.79. The fourth-order valence-corrected chi connectivity index (χ4v) is 3.74. The molecule has 0 spiro atoms. The highest BCUT2D eigenvalue weighted by Gasteiger charge is 2.24. The van der Waals surface area contributed by atoms with Crippen molar-refractivity contribution >= 4 is 17.5 Å². The molecular formula is C26H28N4O3. The number of aromatic hydroxyl groups is 1. The number of nitrogens with two attached hydrogens (primary N) is 1. The summed E-state index contributed by atoms with van der Waals surface area (Å²) in [6.07, 6.45) is 2.55. The third-order valence-corrected chi connectivity index (χ3v) is 5.43. The summed E-state index contributed by atoms with van der Waals surface area (Å²) in [6, 6.07) is 16.9. The maximum Gasteiger partial charge on any atom is 0.410 e. The Bertz CT molecular complexity index is 1200. The number of anilines is 1. The van der Waals surface area contributed by atoms with E-state index in [-0.39, 0.29) is 11.8 Å². The number of phenolic OH excluding ortho intramolecular Hbond substituents is 1. The second kappa shape index (κ2) is 8.94. The fraction of sp³-hybridized carbons (Fsp3) is 0.269. The standard InChI is InChI=1S/C26H28N4O3/c1-26(2,3)33-25(32)30-14-12-18(13-15-30)17-8-10-19(11-9-17)21-16-22(28-29-24(21)27)20-6-4-5-7-23(20)31/h4-12,16,31H,13-15H2,1-3H3,(H2,27,29). The second-order valence-electron chi connectivity index (χ2n) is 9.03. The van der Waals surface area contributed by atoms with E-state index in [0.29, 0.717) is 30.2 Å². The summed E-state index contributed by atoms with van der Waals surface area (Å²) in [5, 5.41) is 18.4. The van der Waals surface area contributed by atoms with Crippen molar-refractivity contribution < 1.29 is 14.6 Å². The van der Waals surface area contributed by atoms with Crippen LogP contribution >= 0.6 is 0 Å². The fourth-order valence-electron chi connectivity index (χ4n) is 3.74. The van der Waals surface area contributed by atoms with Crippen LogP contribution in [0.3, 0.4) is 0 Å². The molecule has 2 aromatic carbocycles. The number of rotatable bonds is 3. The SMILES string of the molecule is CC(C)(C)OC(=O)N1CC=C(c2ccc(-c3cc(-c4ccccc4O)nnc3N)cc2)CC1. The molecule has 7 heteroatoms. The van der Waals surface area contributed by atoms with E-state index in [1.165, 1.54) is 5.57 Å². The van der Waals surface area contributed by atoms with Crippen LogP contribution < -0.4 is 5.73 Å². The van der Waals surface area contributed by atoms with Crippen LogP contribution in [0.5, 0.6) is 5.75 Å².